The molecule has 5 unspecified atom stereocenters. The van der Waals surface area contributed by atoms with Gasteiger partial charge in [0, 0.05) is 11.6 Å². The van der Waals surface area contributed by atoms with Crippen LogP contribution in [0.2, 0.25) is 5.02 Å². The lowest BCUT2D eigenvalue weighted by molar-refractivity contribution is -0.231. The lowest BCUT2D eigenvalue weighted by atomic mass is 9.90. The molecule has 2 heterocycles. The zero-order valence-electron chi connectivity index (χ0n) is 19.2. The fraction of sp³-hybridized carbons (Fsp3) is 0.400. The van der Waals surface area contributed by atoms with Crippen molar-refractivity contribution in [3.05, 3.63) is 80.9 Å². The summed E-state index contributed by atoms with van der Waals surface area (Å²) in [4.78, 5) is 12.6. The van der Waals surface area contributed by atoms with Crippen LogP contribution in [0.25, 0.3) is 5.69 Å². The number of aryl methyl sites for hydroxylation is 1. The molecule has 0 saturated carbocycles. The van der Waals surface area contributed by atoms with E-state index in [1.807, 2.05) is 19.1 Å². The van der Waals surface area contributed by atoms with Crippen LogP contribution in [0, 0.1) is 0 Å². The van der Waals surface area contributed by atoms with E-state index in [-0.39, 0.29) is 11.6 Å². The Balaban J connectivity index is 1.57. The standard InChI is InChI=1S/C25H29ClN2O7/c1-2-9-27-12-20(30)28(25(27)34)17-6-3-14(4-7-17)10-16-11-15(5-8-18(16)26)24-23(33)22(32)21(31)19(13-29)35-24/h3-8,11-12,19,21-24,29-33H,2,9-10,13H2,1H3. The van der Waals surface area contributed by atoms with Crippen molar-refractivity contribution in [2.75, 3.05) is 6.61 Å². The smallest absolute Gasteiger partial charge is 0.335 e. The summed E-state index contributed by atoms with van der Waals surface area (Å²) in [5.74, 6) is -0.133. The van der Waals surface area contributed by atoms with Crippen molar-refractivity contribution in [3.63, 3.8) is 0 Å². The topological polar surface area (TPSA) is 137 Å². The molecule has 1 aromatic heterocycles. The lowest BCUT2D eigenvalue weighted by Crippen LogP contribution is -2.55. The second-order valence-corrected chi connectivity index (χ2v) is 9.15. The summed E-state index contributed by atoms with van der Waals surface area (Å²) in [6.07, 6.45) is -3.61. The van der Waals surface area contributed by atoms with Crippen molar-refractivity contribution in [2.24, 2.45) is 0 Å². The van der Waals surface area contributed by atoms with Crippen LogP contribution in [-0.2, 0) is 17.7 Å². The molecule has 4 rings (SSSR count). The van der Waals surface area contributed by atoms with Crippen molar-refractivity contribution in [2.45, 2.75) is 56.8 Å². The summed E-state index contributed by atoms with van der Waals surface area (Å²) in [7, 11) is 0. The fourth-order valence-corrected chi connectivity index (χ4v) is 4.57. The van der Waals surface area contributed by atoms with E-state index in [0.717, 1.165) is 17.5 Å². The molecule has 10 heteroatoms. The van der Waals surface area contributed by atoms with Crippen LogP contribution in [0.5, 0.6) is 5.88 Å². The molecule has 2 aromatic carbocycles. The fourth-order valence-electron chi connectivity index (χ4n) is 4.39. The first-order valence-electron chi connectivity index (χ1n) is 11.4. The van der Waals surface area contributed by atoms with Crippen molar-refractivity contribution >= 4 is 11.6 Å². The monoisotopic (exact) mass is 504 g/mol. The minimum atomic E-state index is -1.47. The van der Waals surface area contributed by atoms with Crippen LogP contribution in [0.15, 0.2) is 53.5 Å². The number of benzene rings is 2. The number of aromatic nitrogens is 2. The Labute approximate surface area is 207 Å². The van der Waals surface area contributed by atoms with Gasteiger partial charge in [0.1, 0.15) is 30.5 Å². The van der Waals surface area contributed by atoms with Crippen LogP contribution in [-0.4, -0.2) is 65.7 Å². The normalized spacial score (nSPS) is 24.6. The molecule has 1 saturated heterocycles. The van der Waals surface area contributed by atoms with Crippen LogP contribution >= 0.6 is 11.6 Å². The highest BCUT2D eigenvalue weighted by Crippen LogP contribution is 2.34. The highest BCUT2D eigenvalue weighted by atomic mass is 35.5. The number of rotatable bonds is 7. The van der Waals surface area contributed by atoms with Crippen LogP contribution < -0.4 is 5.69 Å². The third kappa shape index (κ3) is 5.02. The van der Waals surface area contributed by atoms with Crippen molar-refractivity contribution in [1.29, 1.82) is 0 Å². The van der Waals surface area contributed by atoms with E-state index in [4.69, 9.17) is 16.3 Å². The molecule has 188 valence electrons. The molecule has 0 radical (unpaired) electrons. The summed E-state index contributed by atoms with van der Waals surface area (Å²) >= 11 is 6.42. The van der Waals surface area contributed by atoms with Gasteiger partial charge in [-0.05, 0) is 47.7 Å². The van der Waals surface area contributed by atoms with Gasteiger partial charge < -0.3 is 30.3 Å². The molecular formula is C25H29ClN2O7. The maximum atomic E-state index is 12.6. The number of hydrogen-bond donors (Lipinski definition) is 5. The average Bonchev–Trinajstić information content (AvgIpc) is 3.13. The predicted octanol–water partition coefficient (Wildman–Crippen LogP) is 1.51. The summed E-state index contributed by atoms with van der Waals surface area (Å²) in [5.41, 5.74) is 2.40. The van der Waals surface area contributed by atoms with E-state index in [1.165, 1.54) is 15.3 Å². The molecule has 0 aliphatic carbocycles. The maximum Gasteiger partial charge on any atom is 0.335 e. The zero-order valence-corrected chi connectivity index (χ0v) is 19.9. The minimum Gasteiger partial charge on any atom is -0.493 e. The Kier molecular flexibility index (Phi) is 7.65. The Morgan fingerprint density at radius 1 is 1.03 bits per heavy atom. The molecule has 0 bridgehead atoms. The minimum absolute atomic E-state index is 0.133. The largest absolute Gasteiger partial charge is 0.493 e. The van der Waals surface area contributed by atoms with Crippen LogP contribution in [0.4, 0.5) is 0 Å². The molecule has 3 aromatic rings. The van der Waals surface area contributed by atoms with E-state index in [0.29, 0.717) is 29.2 Å². The number of aromatic hydroxyl groups is 1. The van der Waals surface area contributed by atoms with Gasteiger partial charge in [0.2, 0.25) is 5.88 Å². The second-order valence-electron chi connectivity index (χ2n) is 8.74. The second kappa shape index (κ2) is 10.5. The zero-order chi connectivity index (χ0) is 25.3. The molecule has 0 spiro atoms. The number of halogens is 1. The molecule has 1 aliphatic heterocycles. The summed E-state index contributed by atoms with van der Waals surface area (Å²) in [5, 5.41) is 50.8. The van der Waals surface area contributed by atoms with Gasteiger partial charge in [-0.2, -0.15) is 0 Å². The molecule has 5 atom stereocenters. The van der Waals surface area contributed by atoms with E-state index < -0.39 is 37.1 Å². The van der Waals surface area contributed by atoms with Gasteiger partial charge in [0.25, 0.3) is 0 Å². The summed E-state index contributed by atoms with van der Waals surface area (Å²) < 4.78 is 8.37. The Bertz CT molecular complexity index is 1220. The number of aliphatic hydroxyl groups excluding tert-OH is 4. The number of imidazole rings is 1. The molecule has 5 N–H and O–H groups in total. The Morgan fingerprint density at radius 3 is 2.40 bits per heavy atom. The highest BCUT2D eigenvalue weighted by molar-refractivity contribution is 6.31. The van der Waals surface area contributed by atoms with Crippen LogP contribution in [0.3, 0.4) is 0 Å². The Morgan fingerprint density at radius 2 is 1.74 bits per heavy atom. The first kappa shape index (κ1) is 25.4. The van der Waals surface area contributed by atoms with E-state index in [2.05, 4.69) is 0 Å². The molecule has 0 amide bonds. The summed E-state index contributed by atoms with van der Waals surface area (Å²) in [6.45, 7) is 1.96. The number of ether oxygens (including phenoxy) is 1. The predicted molar refractivity (Wildman–Crippen MR) is 129 cm³/mol. The SMILES string of the molecule is CCCn1cc(O)n(-c2ccc(Cc3cc(C4OC(CO)C(O)C(O)C4O)ccc3Cl)cc2)c1=O. The van der Waals surface area contributed by atoms with E-state index in [9.17, 15) is 30.3 Å². The van der Waals surface area contributed by atoms with E-state index in [1.54, 1.807) is 30.3 Å². The maximum absolute atomic E-state index is 12.6. The Hall–Kier alpha value is -2.66. The average molecular weight is 505 g/mol. The van der Waals surface area contributed by atoms with Gasteiger partial charge in [0.05, 0.1) is 18.5 Å². The number of hydrogen-bond acceptors (Lipinski definition) is 7. The van der Waals surface area contributed by atoms with Gasteiger partial charge in [0.15, 0.2) is 0 Å². The first-order valence-corrected chi connectivity index (χ1v) is 11.8. The van der Waals surface area contributed by atoms with Gasteiger partial charge in [-0.25, -0.2) is 9.36 Å². The van der Waals surface area contributed by atoms with Crippen molar-refractivity contribution in [1.82, 2.24) is 9.13 Å². The van der Waals surface area contributed by atoms with Gasteiger partial charge in [-0.15, -0.1) is 0 Å². The van der Waals surface area contributed by atoms with Gasteiger partial charge in [-0.3, -0.25) is 4.57 Å². The lowest BCUT2D eigenvalue weighted by Gasteiger charge is -2.40. The molecule has 1 aliphatic rings. The van der Waals surface area contributed by atoms with Gasteiger partial charge >= 0.3 is 5.69 Å². The number of aliphatic hydroxyl groups is 4. The molecule has 35 heavy (non-hydrogen) atoms. The third-order valence-corrected chi connectivity index (χ3v) is 6.65. The van der Waals surface area contributed by atoms with E-state index >= 15 is 0 Å². The summed E-state index contributed by atoms with van der Waals surface area (Å²) in [6, 6.07) is 12.2. The van der Waals surface area contributed by atoms with Gasteiger partial charge in [-0.1, -0.05) is 42.8 Å². The molecule has 9 nitrogen and oxygen atoms in total. The third-order valence-electron chi connectivity index (χ3n) is 6.28. The number of nitrogens with zero attached hydrogens (tertiary/aromatic N) is 2. The molecule has 1 fully saturated rings. The highest BCUT2D eigenvalue weighted by Gasteiger charge is 2.44. The van der Waals surface area contributed by atoms with Crippen molar-refractivity contribution < 1.29 is 30.3 Å². The molecular weight excluding hydrogens is 476 g/mol. The van der Waals surface area contributed by atoms with Crippen LogP contribution in [0.1, 0.15) is 36.1 Å². The van der Waals surface area contributed by atoms with Crippen molar-refractivity contribution in [3.8, 4) is 11.6 Å². The first-order chi connectivity index (χ1) is 16.7. The quantitative estimate of drug-likeness (QED) is 0.329.